The fraction of sp³-hybridized carbons (Fsp3) is 0.211. The Morgan fingerprint density at radius 1 is 1.20 bits per heavy atom. The molecule has 6 nitrogen and oxygen atoms in total. The van der Waals surface area contributed by atoms with Crippen molar-refractivity contribution in [3.63, 3.8) is 0 Å². The molecule has 0 aromatic heterocycles. The fourth-order valence-electron chi connectivity index (χ4n) is 2.63. The summed E-state index contributed by atoms with van der Waals surface area (Å²) in [6, 6.07) is 14.1. The van der Waals surface area contributed by atoms with Gasteiger partial charge in [-0.3, -0.25) is 14.8 Å². The second-order valence-electron chi connectivity index (χ2n) is 5.98. The van der Waals surface area contributed by atoms with Gasteiger partial charge in [-0.2, -0.15) is 0 Å². The minimum absolute atomic E-state index is 0.0571. The maximum absolute atomic E-state index is 12.2. The molecule has 25 heavy (non-hydrogen) atoms. The third kappa shape index (κ3) is 4.23. The predicted octanol–water partition coefficient (Wildman–Crippen LogP) is 2.25. The van der Waals surface area contributed by atoms with E-state index in [4.69, 9.17) is 5.73 Å². The van der Waals surface area contributed by atoms with Crippen LogP contribution in [0.3, 0.4) is 0 Å². The summed E-state index contributed by atoms with van der Waals surface area (Å²) in [4.78, 5) is 21.3. The summed E-state index contributed by atoms with van der Waals surface area (Å²) in [5.74, 6) is 0.526. The molecule has 6 heteroatoms. The second-order valence-corrected chi connectivity index (χ2v) is 5.98. The molecule has 0 spiro atoms. The largest absolute Gasteiger partial charge is 0.508 e. The van der Waals surface area contributed by atoms with Crippen molar-refractivity contribution in [1.29, 1.82) is 0 Å². The van der Waals surface area contributed by atoms with Crippen LogP contribution in [0.4, 0.5) is 5.69 Å². The van der Waals surface area contributed by atoms with Gasteiger partial charge in [0.1, 0.15) is 11.6 Å². The van der Waals surface area contributed by atoms with Crippen LogP contribution >= 0.6 is 0 Å². The quantitative estimate of drug-likeness (QED) is 0.749. The molecule has 1 unspecified atom stereocenters. The zero-order valence-corrected chi connectivity index (χ0v) is 13.9. The number of phenolic OH excluding ortho intramolecular Hbond substituents is 1. The molecule has 0 radical (unpaired) electrons. The highest BCUT2D eigenvalue weighted by atomic mass is 16.3. The van der Waals surface area contributed by atoms with E-state index in [-0.39, 0.29) is 24.1 Å². The zero-order valence-electron chi connectivity index (χ0n) is 13.9. The number of rotatable bonds is 3. The molecule has 128 valence electrons. The van der Waals surface area contributed by atoms with Crippen molar-refractivity contribution < 1.29 is 9.90 Å². The van der Waals surface area contributed by atoms with Crippen molar-refractivity contribution in [2.75, 3.05) is 12.3 Å². The van der Waals surface area contributed by atoms with E-state index in [1.165, 1.54) is 0 Å². The first kappa shape index (κ1) is 16.7. The molecule has 1 amide bonds. The molecule has 1 atom stereocenters. The molecular formula is C19H20N4O2. The third-order valence-corrected chi connectivity index (χ3v) is 3.99. The number of amides is 1. The number of aliphatic imine (C=N–C) groups is 2. The highest BCUT2D eigenvalue weighted by Crippen LogP contribution is 2.22. The molecule has 0 bridgehead atoms. The van der Waals surface area contributed by atoms with Crippen molar-refractivity contribution in [2.24, 2.45) is 9.98 Å². The summed E-state index contributed by atoms with van der Waals surface area (Å²) in [5, 5.41) is 12.1. The highest BCUT2D eigenvalue weighted by molar-refractivity contribution is 6.43. The monoisotopic (exact) mass is 336 g/mol. The van der Waals surface area contributed by atoms with Crippen LogP contribution in [0.15, 0.2) is 58.5 Å². The number of hydrogen-bond acceptors (Lipinski definition) is 5. The van der Waals surface area contributed by atoms with Gasteiger partial charge in [0.15, 0.2) is 0 Å². The Hall–Kier alpha value is -3.15. The average molecular weight is 336 g/mol. The van der Waals surface area contributed by atoms with Crippen molar-refractivity contribution in [1.82, 2.24) is 5.32 Å². The predicted molar refractivity (Wildman–Crippen MR) is 99.0 cm³/mol. The van der Waals surface area contributed by atoms with Crippen LogP contribution in [0.5, 0.6) is 5.75 Å². The number of hydrogen-bond donors (Lipinski definition) is 3. The Labute approximate surface area is 146 Å². The number of benzene rings is 2. The summed E-state index contributed by atoms with van der Waals surface area (Å²) in [5.41, 5.74) is 8.99. The standard InChI is InChI=1S/C19H20N4O2/c1-12-19(23-18(25)10-13-2-8-16(24)9-3-13)21-11-17(22-12)14-4-6-15(20)7-5-14/h2-9,17,24H,10-11,20H2,1H3,(H,21,23,25). The average Bonchev–Trinajstić information content (AvgIpc) is 2.59. The van der Waals surface area contributed by atoms with Gasteiger partial charge in [0, 0.05) is 5.69 Å². The summed E-state index contributed by atoms with van der Waals surface area (Å²) in [6.45, 7) is 2.32. The van der Waals surface area contributed by atoms with Crippen molar-refractivity contribution >= 4 is 23.1 Å². The van der Waals surface area contributed by atoms with E-state index < -0.39 is 0 Å². The van der Waals surface area contributed by atoms with Gasteiger partial charge >= 0.3 is 0 Å². The molecule has 3 rings (SSSR count). The Morgan fingerprint density at radius 2 is 1.88 bits per heavy atom. The van der Waals surface area contributed by atoms with Gasteiger partial charge in [0.05, 0.1) is 24.7 Å². The van der Waals surface area contributed by atoms with E-state index in [1.807, 2.05) is 31.2 Å². The van der Waals surface area contributed by atoms with E-state index >= 15 is 0 Å². The second kappa shape index (κ2) is 7.17. The van der Waals surface area contributed by atoms with Gasteiger partial charge < -0.3 is 16.2 Å². The van der Waals surface area contributed by atoms with Gasteiger partial charge in [-0.1, -0.05) is 24.3 Å². The van der Waals surface area contributed by atoms with E-state index in [0.29, 0.717) is 23.8 Å². The summed E-state index contributed by atoms with van der Waals surface area (Å²) >= 11 is 0. The van der Waals surface area contributed by atoms with Gasteiger partial charge in [-0.25, -0.2) is 0 Å². The van der Waals surface area contributed by atoms with Crippen LogP contribution in [0.25, 0.3) is 0 Å². The first-order chi connectivity index (χ1) is 12.0. The zero-order chi connectivity index (χ0) is 17.8. The number of phenols is 1. The minimum atomic E-state index is -0.162. The molecule has 0 fully saturated rings. The number of nitrogens with zero attached hydrogens (tertiary/aromatic N) is 2. The Kier molecular flexibility index (Phi) is 4.79. The number of nitrogens with one attached hydrogen (secondary N) is 1. The molecule has 0 saturated heterocycles. The number of amidine groups is 1. The van der Waals surface area contributed by atoms with Crippen LogP contribution < -0.4 is 11.1 Å². The van der Waals surface area contributed by atoms with Crippen LogP contribution in [0, 0.1) is 0 Å². The first-order valence-corrected chi connectivity index (χ1v) is 8.03. The van der Waals surface area contributed by atoms with Gasteiger partial charge in [0.25, 0.3) is 0 Å². The van der Waals surface area contributed by atoms with Crippen molar-refractivity contribution in [3.8, 4) is 5.75 Å². The topological polar surface area (TPSA) is 100 Å². The van der Waals surface area contributed by atoms with Gasteiger partial charge in [-0.05, 0) is 42.3 Å². The first-order valence-electron chi connectivity index (χ1n) is 8.03. The Morgan fingerprint density at radius 3 is 2.52 bits per heavy atom. The van der Waals surface area contributed by atoms with E-state index in [1.54, 1.807) is 24.3 Å². The summed E-state index contributed by atoms with van der Waals surface area (Å²) in [7, 11) is 0. The number of aromatic hydroxyl groups is 1. The van der Waals surface area contributed by atoms with E-state index in [9.17, 15) is 9.90 Å². The lowest BCUT2D eigenvalue weighted by Crippen LogP contribution is -2.38. The fourth-order valence-corrected chi connectivity index (χ4v) is 2.63. The lowest BCUT2D eigenvalue weighted by Gasteiger charge is -2.19. The number of nitrogen functional groups attached to an aromatic ring is 1. The van der Waals surface area contributed by atoms with Crippen LogP contribution in [0.1, 0.15) is 24.1 Å². The maximum atomic E-state index is 12.2. The van der Waals surface area contributed by atoms with E-state index in [0.717, 1.165) is 11.1 Å². The summed E-state index contributed by atoms with van der Waals surface area (Å²) < 4.78 is 0. The Bertz CT molecular complexity index is 824. The van der Waals surface area contributed by atoms with Crippen molar-refractivity contribution in [2.45, 2.75) is 19.4 Å². The molecule has 1 aliphatic heterocycles. The molecule has 0 saturated carbocycles. The molecule has 0 aliphatic carbocycles. The Balaban J connectivity index is 1.62. The lowest BCUT2D eigenvalue weighted by molar-refractivity contribution is -0.119. The van der Waals surface area contributed by atoms with Crippen molar-refractivity contribution in [3.05, 3.63) is 59.7 Å². The van der Waals surface area contributed by atoms with Crippen LogP contribution in [0.2, 0.25) is 0 Å². The highest BCUT2D eigenvalue weighted by Gasteiger charge is 2.19. The van der Waals surface area contributed by atoms with Gasteiger partial charge in [0.2, 0.25) is 5.91 Å². The SMILES string of the molecule is CC1=NC(c2ccc(N)cc2)CN=C1NC(=O)Cc1ccc(O)cc1. The number of carbonyl (C=O) groups excluding carboxylic acids is 1. The molecule has 1 aliphatic rings. The van der Waals surface area contributed by atoms with Gasteiger partial charge in [-0.15, -0.1) is 0 Å². The molecular weight excluding hydrogens is 316 g/mol. The molecule has 1 heterocycles. The maximum Gasteiger partial charge on any atom is 0.229 e. The normalized spacial score (nSPS) is 16.8. The van der Waals surface area contributed by atoms with Crippen LogP contribution in [-0.2, 0) is 11.2 Å². The smallest absolute Gasteiger partial charge is 0.229 e. The molecule has 2 aromatic rings. The number of anilines is 1. The number of nitrogens with two attached hydrogens (primary N) is 1. The van der Waals surface area contributed by atoms with E-state index in [2.05, 4.69) is 15.3 Å². The number of carbonyl (C=O) groups is 1. The molecule has 2 aromatic carbocycles. The molecule has 4 N–H and O–H groups in total. The summed E-state index contributed by atoms with van der Waals surface area (Å²) in [6.07, 6.45) is 0.216. The third-order valence-electron chi connectivity index (χ3n) is 3.99. The lowest BCUT2D eigenvalue weighted by atomic mass is 10.1. The minimum Gasteiger partial charge on any atom is -0.508 e. The van der Waals surface area contributed by atoms with Crippen LogP contribution in [-0.4, -0.2) is 29.1 Å².